The van der Waals surface area contributed by atoms with Crippen molar-refractivity contribution >= 4 is 29.6 Å². The Morgan fingerprint density at radius 3 is 2.00 bits per heavy atom. The summed E-state index contributed by atoms with van der Waals surface area (Å²) in [7, 11) is 0. The lowest BCUT2D eigenvalue weighted by Crippen LogP contribution is -2.58. The van der Waals surface area contributed by atoms with E-state index in [1.54, 1.807) is 0 Å². The van der Waals surface area contributed by atoms with Gasteiger partial charge in [-0.3, -0.25) is 19.2 Å². The van der Waals surface area contributed by atoms with Crippen LogP contribution in [0.3, 0.4) is 0 Å². The number of aromatic hydroxyl groups is 1. The highest BCUT2D eigenvalue weighted by atomic mass is 16.4. The van der Waals surface area contributed by atoms with Crippen LogP contribution in [0, 0.1) is 0 Å². The van der Waals surface area contributed by atoms with E-state index in [-0.39, 0.29) is 37.9 Å². The summed E-state index contributed by atoms with van der Waals surface area (Å²) in [5, 5.41) is 26.7. The number of hydrogen-bond donors (Lipinski definition) is 8. The number of phenolic OH excluding ortho intramolecular Hbond substituents is 1. The predicted molar refractivity (Wildman–Crippen MR) is 154 cm³/mol. The number of imidazole rings is 1. The normalized spacial score (nSPS) is 13.6. The number of carbonyl (C=O) groups excluding carboxylic acids is 4. The van der Waals surface area contributed by atoms with Crippen molar-refractivity contribution in [3.8, 4) is 5.75 Å². The number of phenols is 1. The van der Waals surface area contributed by atoms with Crippen LogP contribution in [-0.4, -0.2) is 73.9 Å². The SMILES string of the molecule is NC(=O)CCC(NC(=O)C(Cc1cnc[nH]1)NC(=O)C(N)Cc1ccccc1)C(=O)NC(Cc1ccc(O)cc1)C(=O)O. The van der Waals surface area contributed by atoms with Gasteiger partial charge in [0, 0.05) is 31.2 Å². The van der Waals surface area contributed by atoms with E-state index >= 15 is 0 Å². The summed E-state index contributed by atoms with van der Waals surface area (Å²) in [5.74, 6) is -4.33. The van der Waals surface area contributed by atoms with Gasteiger partial charge in [0.2, 0.25) is 23.6 Å². The van der Waals surface area contributed by atoms with Crippen molar-refractivity contribution in [3.63, 3.8) is 0 Å². The first-order chi connectivity index (χ1) is 20.5. The Balaban J connectivity index is 1.75. The lowest BCUT2D eigenvalue weighted by molar-refractivity contribution is -0.142. The molecule has 0 spiro atoms. The van der Waals surface area contributed by atoms with Crippen molar-refractivity contribution < 1.29 is 34.2 Å². The lowest BCUT2D eigenvalue weighted by Gasteiger charge is -2.25. The maximum Gasteiger partial charge on any atom is 0.326 e. The first-order valence-electron chi connectivity index (χ1n) is 13.5. The number of primary amides is 1. The van der Waals surface area contributed by atoms with Gasteiger partial charge in [-0.25, -0.2) is 9.78 Å². The number of H-pyrrole nitrogens is 1. The number of carbonyl (C=O) groups is 5. The minimum absolute atomic E-state index is 0.00770. The number of nitrogens with one attached hydrogen (secondary N) is 4. The van der Waals surface area contributed by atoms with E-state index in [1.807, 2.05) is 30.3 Å². The number of aromatic amines is 1. The van der Waals surface area contributed by atoms with Crippen molar-refractivity contribution in [2.75, 3.05) is 0 Å². The maximum atomic E-state index is 13.5. The molecule has 4 unspecified atom stereocenters. The van der Waals surface area contributed by atoms with Gasteiger partial charge in [0.25, 0.3) is 0 Å². The molecule has 0 aliphatic heterocycles. The quantitative estimate of drug-likeness (QED) is 0.104. The number of amides is 4. The van der Waals surface area contributed by atoms with Crippen LogP contribution in [0.15, 0.2) is 67.1 Å². The van der Waals surface area contributed by atoms with Gasteiger partial charge >= 0.3 is 5.97 Å². The standard InChI is InChI=1S/C29H35N7O7/c30-21(12-17-4-2-1-3-5-17)26(39)35-23(14-19-15-32-16-33-19)28(41)34-22(10-11-25(31)38)27(40)36-24(29(42)43)13-18-6-8-20(37)9-7-18/h1-9,15-16,21-24,37H,10-14,30H2,(H2,31,38)(H,32,33)(H,34,41)(H,35,39)(H,36,40)(H,42,43). The molecule has 0 fully saturated rings. The zero-order valence-electron chi connectivity index (χ0n) is 23.2. The van der Waals surface area contributed by atoms with Crippen molar-refractivity contribution in [2.24, 2.45) is 11.5 Å². The number of carboxylic acid groups (broad SMARTS) is 1. The lowest BCUT2D eigenvalue weighted by atomic mass is 10.0. The monoisotopic (exact) mass is 593 g/mol. The fraction of sp³-hybridized carbons (Fsp3) is 0.310. The zero-order valence-corrected chi connectivity index (χ0v) is 23.2. The Bertz CT molecular complexity index is 1380. The summed E-state index contributed by atoms with van der Waals surface area (Å²) in [5.41, 5.74) is 13.2. The number of nitrogens with two attached hydrogens (primary N) is 2. The van der Waals surface area contributed by atoms with Crippen LogP contribution < -0.4 is 27.4 Å². The second-order valence-electron chi connectivity index (χ2n) is 9.97. The van der Waals surface area contributed by atoms with Gasteiger partial charge in [-0.2, -0.15) is 0 Å². The number of nitrogens with zero attached hydrogens (tertiary/aromatic N) is 1. The third-order valence-corrected chi connectivity index (χ3v) is 6.55. The summed E-state index contributed by atoms with van der Waals surface area (Å²) in [6.45, 7) is 0. The maximum absolute atomic E-state index is 13.5. The van der Waals surface area contributed by atoms with Crippen LogP contribution in [0.25, 0.3) is 0 Å². The largest absolute Gasteiger partial charge is 0.508 e. The first kappa shape index (κ1) is 32.3. The molecular formula is C29H35N7O7. The van der Waals surface area contributed by atoms with E-state index in [2.05, 4.69) is 25.9 Å². The average Bonchev–Trinajstić information content (AvgIpc) is 3.49. The molecule has 14 heteroatoms. The molecule has 0 aliphatic carbocycles. The van der Waals surface area contributed by atoms with Gasteiger partial charge < -0.3 is 42.6 Å². The number of aromatic nitrogens is 2. The van der Waals surface area contributed by atoms with E-state index < -0.39 is 53.8 Å². The highest BCUT2D eigenvalue weighted by Gasteiger charge is 2.31. The second-order valence-corrected chi connectivity index (χ2v) is 9.97. The van der Waals surface area contributed by atoms with Crippen molar-refractivity contribution in [3.05, 3.63) is 83.9 Å². The molecule has 4 amide bonds. The van der Waals surface area contributed by atoms with Crippen molar-refractivity contribution in [1.82, 2.24) is 25.9 Å². The molecule has 1 heterocycles. The van der Waals surface area contributed by atoms with E-state index in [9.17, 15) is 34.2 Å². The summed E-state index contributed by atoms with van der Waals surface area (Å²) < 4.78 is 0. The molecule has 3 aromatic rings. The van der Waals surface area contributed by atoms with E-state index in [1.165, 1.54) is 36.8 Å². The molecule has 0 saturated heterocycles. The number of aliphatic carboxylic acids is 1. The summed E-state index contributed by atoms with van der Waals surface area (Å²) in [6.07, 6.45) is 2.43. The van der Waals surface area contributed by atoms with E-state index in [4.69, 9.17) is 11.5 Å². The van der Waals surface area contributed by atoms with Gasteiger partial charge in [0.15, 0.2) is 0 Å². The summed E-state index contributed by atoms with van der Waals surface area (Å²) in [6, 6.07) is 9.93. The average molecular weight is 594 g/mol. The minimum Gasteiger partial charge on any atom is -0.508 e. The van der Waals surface area contributed by atoms with Crippen LogP contribution in [0.4, 0.5) is 0 Å². The second kappa shape index (κ2) is 15.7. The van der Waals surface area contributed by atoms with Crippen molar-refractivity contribution in [1.29, 1.82) is 0 Å². The zero-order chi connectivity index (χ0) is 31.4. The summed E-state index contributed by atoms with van der Waals surface area (Å²) >= 11 is 0. The molecule has 0 saturated carbocycles. The molecule has 0 bridgehead atoms. The fourth-order valence-corrected chi connectivity index (χ4v) is 4.23. The Morgan fingerprint density at radius 2 is 1.40 bits per heavy atom. The molecule has 2 aromatic carbocycles. The van der Waals surface area contributed by atoms with Gasteiger partial charge in [-0.1, -0.05) is 42.5 Å². The molecular weight excluding hydrogens is 558 g/mol. The number of benzene rings is 2. The van der Waals surface area contributed by atoms with Crippen LogP contribution in [0.1, 0.15) is 29.7 Å². The molecule has 1 aromatic heterocycles. The summed E-state index contributed by atoms with van der Waals surface area (Å²) in [4.78, 5) is 69.9. The third kappa shape index (κ3) is 10.6. The fourth-order valence-electron chi connectivity index (χ4n) is 4.23. The van der Waals surface area contributed by atoms with E-state index in [0.717, 1.165) is 5.56 Å². The minimum atomic E-state index is -1.39. The highest BCUT2D eigenvalue weighted by Crippen LogP contribution is 2.12. The van der Waals surface area contributed by atoms with Gasteiger partial charge in [0.1, 0.15) is 23.9 Å². The van der Waals surface area contributed by atoms with E-state index in [0.29, 0.717) is 11.3 Å². The molecule has 228 valence electrons. The molecule has 43 heavy (non-hydrogen) atoms. The van der Waals surface area contributed by atoms with Crippen LogP contribution >= 0.6 is 0 Å². The predicted octanol–water partition coefficient (Wildman–Crippen LogP) is -0.725. The number of carboxylic acids is 1. The molecule has 0 aliphatic rings. The Morgan fingerprint density at radius 1 is 0.791 bits per heavy atom. The Labute approximate surface area is 247 Å². The number of rotatable bonds is 16. The van der Waals surface area contributed by atoms with Crippen LogP contribution in [0.2, 0.25) is 0 Å². The topological polar surface area (TPSA) is 243 Å². The molecule has 10 N–H and O–H groups in total. The molecule has 3 rings (SSSR count). The smallest absolute Gasteiger partial charge is 0.326 e. The first-order valence-corrected chi connectivity index (χ1v) is 13.5. The van der Waals surface area contributed by atoms with Crippen molar-refractivity contribution in [2.45, 2.75) is 56.3 Å². The van der Waals surface area contributed by atoms with Gasteiger partial charge in [-0.15, -0.1) is 0 Å². The molecule has 0 radical (unpaired) electrons. The van der Waals surface area contributed by atoms with Gasteiger partial charge in [0.05, 0.1) is 12.4 Å². The highest BCUT2D eigenvalue weighted by molar-refractivity contribution is 5.94. The molecule has 14 nitrogen and oxygen atoms in total. The van der Waals surface area contributed by atoms with Crippen LogP contribution in [0.5, 0.6) is 5.75 Å². The third-order valence-electron chi connectivity index (χ3n) is 6.55. The van der Waals surface area contributed by atoms with Gasteiger partial charge in [-0.05, 0) is 36.1 Å². The Kier molecular flexibility index (Phi) is 11.8. The number of hydrogen-bond acceptors (Lipinski definition) is 8. The van der Waals surface area contributed by atoms with Crippen LogP contribution in [-0.2, 0) is 43.2 Å². The Hall–Kier alpha value is -5.24. The molecule has 4 atom stereocenters.